The third-order valence-electron chi connectivity index (χ3n) is 6.20. The van der Waals surface area contributed by atoms with Crippen LogP contribution in [0.5, 0.6) is 0 Å². The van der Waals surface area contributed by atoms with Crippen LogP contribution in [-0.4, -0.2) is 66.0 Å². The minimum absolute atomic E-state index is 0.0502. The van der Waals surface area contributed by atoms with Crippen molar-refractivity contribution in [2.45, 2.75) is 19.0 Å². The number of piperazine rings is 1. The first-order chi connectivity index (χ1) is 16.2. The van der Waals surface area contributed by atoms with Crippen LogP contribution >= 0.6 is 11.6 Å². The molecule has 34 heavy (non-hydrogen) atoms. The average molecular weight is 496 g/mol. The second-order valence-electron chi connectivity index (χ2n) is 8.40. The first-order valence-corrected chi connectivity index (χ1v) is 11.5. The number of hydrogen-bond donors (Lipinski definition) is 1. The molecule has 0 atom stereocenters. The van der Waals surface area contributed by atoms with E-state index in [2.05, 4.69) is 10.3 Å². The standard InChI is InChI=1S/C23H25ClF3N5O2/c24-19-14-17(23(25,26)27)15-28-20(19)30-10-12-31(13-11-30)21(33)16-6-8-32(9-7-16)22(34)29-18-4-2-1-3-5-18/h1-5,14-16H,6-13H2,(H,29,34). The number of aromatic nitrogens is 1. The van der Waals surface area contributed by atoms with Gasteiger partial charge in [0.1, 0.15) is 5.82 Å². The van der Waals surface area contributed by atoms with Gasteiger partial charge in [-0.1, -0.05) is 29.8 Å². The number of carbonyl (C=O) groups excluding carboxylic acids is 2. The number of pyridine rings is 1. The molecular weight excluding hydrogens is 471 g/mol. The Kier molecular flexibility index (Phi) is 7.16. The number of carbonyl (C=O) groups is 2. The van der Waals surface area contributed by atoms with Gasteiger partial charge in [-0.15, -0.1) is 0 Å². The van der Waals surface area contributed by atoms with Gasteiger partial charge in [0, 0.05) is 57.1 Å². The Morgan fingerprint density at radius 1 is 0.971 bits per heavy atom. The fraction of sp³-hybridized carbons (Fsp3) is 0.435. The van der Waals surface area contributed by atoms with E-state index in [1.54, 1.807) is 14.7 Å². The molecule has 2 aliphatic heterocycles. The third-order valence-corrected chi connectivity index (χ3v) is 6.47. The number of benzene rings is 1. The Labute approximate surface area is 200 Å². The first-order valence-electron chi connectivity index (χ1n) is 11.1. The van der Waals surface area contributed by atoms with Gasteiger partial charge < -0.3 is 20.0 Å². The highest BCUT2D eigenvalue weighted by Gasteiger charge is 2.34. The van der Waals surface area contributed by atoms with Crippen molar-refractivity contribution in [3.63, 3.8) is 0 Å². The van der Waals surface area contributed by atoms with Crippen LogP contribution < -0.4 is 10.2 Å². The summed E-state index contributed by atoms with van der Waals surface area (Å²) in [4.78, 5) is 34.7. The molecule has 3 heterocycles. The second kappa shape index (κ2) is 10.1. The maximum atomic E-state index is 13.0. The van der Waals surface area contributed by atoms with Crippen molar-refractivity contribution in [3.8, 4) is 0 Å². The quantitative estimate of drug-likeness (QED) is 0.687. The van der Waals surface area contributed by atoms with E-state index in [0.29, 0.717) is 57.9 Å². The van der Waals surface area contributed by atoms with Crippen LogP contribution in [0.25, 0.3) is 0 Å². The van der Waals surface area contributed by atoms with Crippen molar-refractivity contribution >= 4 is 35.0 Å². The molecule has 2 saturated heterocycles. The molecule has 3 amide bonds. The zero-order valence-corrected chi connectivity index (χ0v) is 19.1. The zero-order chi connectivity index (χ0) is 24.3. The number of piperidine rings is 1. The lowest BCUT2D eigenvalue weighted by Gasteiger charge is -2.39. The Balaban J connectivity index is 1.26. The molecule has 11 heteroatoms. The number of rotatable bonds is 3. The molecule has 0 radical (unpaired) electrons. The van der Waals surface area contributed by atoms with Crippen molar-refractivity contribution in [2.75, 3.05) is 49.5 Å². The molecule has 0 unspecified atom stereocenters. The van der Waals surface area contributed by atoms with Gasteiger partial charge in [-0.2, -0.15) is 13.2 Å². The summed E-state index contributed by atoms with van der Waals surface area (Å²) in [5.41, 5.74) is -0.162. The number of amides is 3. The Hall–Kier alpha value is -3.01. The van der Waals surface area contributed by atoms with Crippen LogP contribution in [0.3, 0.4) is 0 Å². The van der Waals surface area contributed by atoms with Crippen LogP contribution in [0.1, 0.15) is 18.4 Å². The molecule has 2 fully saturated rings. The zero-order valence-electron chi connectivity index (χ0n) is 18.4. The Morgan fingerprint density at radius 3 is 2.21 bits per heavy atom. The molecule has 1 aromatic heterocycles. The Bertz CT molecular complexity index is 1020. The highest BCUT2D eigenvalue weighted by Crippen LogP contribution is 2.34. The summed E-state index contributed by atoms with van der Waals surface area (Å²) < 4.78 is 38.5. The lowest BCUT2D eigenvalue weighted by Crippen LogP contribution is -2.52. The molecule has 0 aliphatic carbocycles. The van der Waals surface area contributed by atoms with E-state index in [0.717, 1.165) is 18.0 Å². The van der Waals surface area contributed by atoms with Crippen LogP contribution in [0, 0.1) is 5.92 Å². The summed E-state index contributed by atoms with van der Waals surface area (Å²) in [5, 5.41) is 2.80. The molecule has 1 N–H and O–H groups in total. The summed E-state index contributed by atoms with van der Waals surface area (Å²) in [6.45, 7) is 2.74. The van der Waals surface area contributed by atoms with Gasteiger partial charge in [-0.25, -0.2) is 9.78 Å². The topological polar surface area (TPSA) is 68.8 Å². The van der Waals surface area contributed by atoms with Gasteiger partial charge in [0.25, 0.3) is 0 Å². The van der Waals surface area contributed by atoms with E-state index < -0.39 is 11.7 Å². The molecule has 182 valence electrons. The normalized spacial score (nSPS) is 17.6. The average Bonchev–Trinajstić information content (AvgIpc) is 2.84. The predicted molar refractivity (Wildman–Crippen MR) is 123 cm³/mol. The van der Waals surface area contributed by atoms with E-state index in [1.807, 2.05) is 30.3 Å². The molecule has 2 aromatic rings. The SMILES string of the molecule is O=C(Nc1ccccc1)N1CCC(C(=O)N2CCN(c3ncc(C(F)(F)F)cc3Cl)CC2)CC1. The second-order valence-corrected chi connectivity index (χ2v) is 8.80. The lowest BCUT2D eigenvalue weighted by atomic mass is 9.95. The van der Waals surface area contributed by atoms with Gasteiger partial charge in [0.15, 0.2) is 0 Å². The lowest BCUT2D eigenvalue weighted by molar-refractivity contribution is -0.138. The number of anilines is 2. The minimum atomic E-state index is -4.50. The molecule has 1 aromatic carbocycles. The predicted octanol–water partition coefficient (Wildman–Crippen LogP) is 4.35. The number of nitrogens with zero attached hydrogens (tertiary/aromatic N) is 4. The number of halogens is 4. The summed E-state index contributed by atoms with van der Waals surface area (Å²) in [6.07, 6.45) is -2.54. The van der Waals surface area contributed by atoms with Crippen molar-refractivity contribution in [1.29, 1.82) is 0 Å². The number of para-hydroxylation sites is 1. The van der Waals surface area contributed by atoms with Crippen molar-refractivity contribution in [2.24, 2.45) is 5.92 Å². The molecule has 7 nitrogen and oxygen atoms in total. The molecule has 0 spiro atoms. The monoisotopic (exact) mass is 495 g/mol. The van der Waals surface area contributed by atoms with E-state index in [9.17, 15) is 22.8 Å². The fourth-order valence-corrected chi connectivity index (χ4v) is 4.55. The summed E-state index contributed by atoms with van der Waals surface area (Å²) >= 11 is 6.06. The van der Waals surface area contributed by atoms with Crippen LogP contribution in [0.2, 0.25) is 5.02 Å². The van der Waals surface area contributed by atoms with E-state index in [4.69, 9.17) is 11.6 Å². The van der Waals surface area contributed by atoms with Gasteiger partial charge >= 0.3 is 12.2 Å². The van der Waals surface area contributed by atoms with Gasteiger partial charge in [0.2, 0.25) is 5.91 Å². The highest BCUT2D eigenvalue weighted by atomic mass is 35.5. The van der Waals surface area contributed by atoms with Crippen LogP contribution in [0.4, 0.5) is 29.5 Å². The van der Waals surface area contributed by atoms with Crippen molar-refractivity contribution < 1.29 is 22.8 Å². The summed E-state index contributed by atoms with van der Waals surface area (Å²) in [6, 6.07) is 9.92. The van der Waals surface area contributed by atoms with Gasteiger partial charge in [-0.05, 0) is 31.0 Å². The third kappa shape index (κ3) is 5.55. The minimum Gasteiger partial charge on any atom is -0.352 e. The number of hydrogen-bond acceptors (Lipinski definition) is 4. The maximum Gasteiger partial charge on any atom is 0.417 e. The number of nitrogens with one attached hydrogen (secondary N) is 1. The molecule has 4 rings (SSSR count). The molecule has 0 saturated carbocycles. The number of alkyl halides is 3. The van der Waals surface area contributed by atoms with Crippen molar-refractivity contribution in [1.82, 2.24) is 14.8 Å². The first kappa shape index (κ1) is 24.1. The summed E-state index contributed by atoms with van der Waals surface area (Å²) in [5.74, 6) is 0.189. The number of urea groups is 1. The van der Waals surface area contributed by atoms with Crippen molar-refractivity contribution in [3.05, 3.63) is 53.2 Å². The molecule has 2 aliphatic rings. The van der Waals surface area contributed by atoms with E-state index in [1.165, 1.54) is 0 Å². The highest BCUT2D eigenvalue weighted by molar-refractivity contribution is 6.33. The van der Waals surface area contributed by atoms with E-state index >= 15 is 0 Å². The van der Waals surface area contributed by atoms with E-state index in [-0.39, 0.29) is 22.9 Å². The molecular formula is C23H25ClF3N5O2. The summed E-state index contributed by atoms with van der Waals surface area (Å²) in [7, 11) is 0. The Morgan fingerprint density at radius 2 is 1.62 bits per heavy atom. The van der Waals surface area contributed by atoms with Gasteiger partial charge in [-0.3, -0.25) is 4.79 Å². The fourth-order valence-electron chi connectivity index (χ4n) is 4.27. The maximum absolute atomic E-state index is 13.0. The van der Waals surface area contributed by atoms with Gasteiger partial charge in [0.05, 0.1) is 10.6 Å². The molecule has 0 bridgehead atoms. The van der Waals surface area contributed by atoms with Crippen LogP contribution in [-0.2, 0) is 11.0 Å². The number of likely N-dealkylation sites (tertiary alicyclic amines) is 1. The largest absolute Gasteiger partial charge is 0.417 e. The smallest absolute Gasteiger partial charge is 0.352 e. The van der Waals surface area contributed by atoms with Crippen LogP contribution in [0.15, 0.2) is 42.6 Å².